The number of halogens is 1. The number of thiocarbonyl (C=S) groups is 1. The lowest BCUT2D eigenvalue weighted by molar-refractivity contribution is 0.299. The monoisotopic (exact) mass is 272 g/mol. The van der Waals surface area contributed by atoms with Crippen LogP contribution in [-0.2, 0) is 0 Å². The molecule has 0 fully saturated rings. The topological polar surface area (TPSA) is 49.5 Å². The van der Waals surface area contributed by atoms with E-state index in [9.17, 15) is 0 Å². The Hall–Kier alpha value is -0.840. The van der Waals surface area contributed by atoms with E-state index >= 15 is 0 Å². The molecule has 0 bridgehead atoms. The third kappa shape index (κ3) is 3.56. The minimum atomic E-state index is 0.104. The standard InChI is InChI=1S/C12H17ClN2OS/c1-8(2)15(5-6-16)9-3-4-10(12(14)17)11(13)7-9/h3-4,7-8,16H,5-6H2,1-2H3,(H2,14,17). The van der Waals surface area contributed by atoms with E-state index in [4.69, 9.17) is 34.7 Å². The van der Waals surface area contributed by atoms with Crippen LogP contribution in [0.2, 0.25) is 5.02 Å². The predicted octanol–water partition coefficient (Wildman–Crippen LogP) is 2.18. The molecule has 0 heterocycles. The van der Waals surface area contributed by atoms with Crippen LogP contribution in [0.3, 0.4) is 0 Å². The predicted molar refractivity (Wildman–Crippen MR) is 76.9 cm³/mol. The van der Waals surface area contributed by atoms with E-state index in [1.54, 1.807) is 0 Å². The number of benzene rings is 1. The van der Waals surface area contributed by atoms with E-state index < -0.39 is 0 Å². The Kier molecular flexibility index (Phi) is 5.18. The molecule has 0 spiro atoms. The zero-order valence-electron chi connectivity index (χ0n) is 9.98. The van der Waals surface area contributed by atoms with E-state index in [2.05, 4.69) is 18.7 Å². The van der Waals surface area contributed by atoms with Gasteiger partial charge in [0.05, 0.1) is 11.6 Å². The largest absolute Gasteiger partial charge is 0.395 e. The van der Waals surface area contributed by atoms with Gasteiger partial charge in [-0.2, -0.15) is 0 Å². The first-order chi connectivity index (χ1) is 7.97. The van der Waals surface area contributed by atoms with Crippen LogP contribution in [0, 0.1) is 0 Å². The summed E-state index contributed by atoms with van der Waals surface area (Å²) in [6.45, 7) is 4.79. The molecule has 0 unspecified atom stereocenters. The van der Waals surface area contributed by atoms with Gasteiger partial charge in [0, 0.05) is 23.8 Å². The first-order valence-electron chi connectivity index (χ1n) is 5.44. The molecule has 0 saturated heterocycles. The lowest BCUT2D eigenvalue weighted by Crippen LogP contribution is -2.33. The van der Waals surface area contributed by atoms with Crippen LogP contribution in [-0.4, -0.2) is 29.3 Å². The maximum Gasteiger partial charge on any atom is 0.105 e. The van der Waals surface area contributed by atoms with Crippen LogP contribution in [0.4, 0.5) is 5.69 Å². The smallest absolute Gasteiger partial charge is 0.105 e. The van der Waals surface area contributed by atoms with Crippen molar-refractivity contribution >= 4 is 34.5 Å². The normalized spacial score (nSPS) is 10.6. The second kappa shape index (κ2) is 6.19. The molecule has 5 heteroatoms. The van der Waals surface area contributed by atoms with Crippen molar-refractivity contribution in [3.8, 4) is 0 Å². The van der Waals surface area contributed by atoms with Gasteiger partial charge in [-0.05, 0) is 32.0 Å². The summed E-state index contributed by atoms with van der Waals surface area (Å²) in [6, 6.07) is 5.84. The van der Waals surface area contributed by atoms with Crippen molar-refractivity contribution in [3.63, 3.8) is 0 Å². The number of hydrogen-bond donors (Lipinski definition) is 2. The molecule has 0 aliphatic carbocycles. The number of aliphatic hydroxyl groups excluding tert-OH is 1. The van der Waals surface area contributed by atoms with Gasteiger partial charge in [-0.25, -0.2) is 0 Å². The van der Waals surface area contributed by atoms with E-state index in [-0.39, 0.29) is 12.6 Å². The molecule has 0 aromatic heterocycles. The Bertz CT molecular complexity index is 409. The first-order valence-corrected chi connectivity index (χ1v) is 6.22. The lowest BCUT2D eigenvalue weighted by atomic mass is 10.1. The molecule has 3 nitrogen and oxygen atoms in total. The summed E-state index contributed by atoms with van der Waals surface area (Å²) in [4.78, 5) is 2.36. The quantitative estimate of drug-likeness (QED) is 0.807. The molecule has 3 N–H and O–H groups in total. The Morgan fingerprint density at radius 3 is 2.59 bits per heavy atom. The molecule has 0 atom stereocenters. The van der Waals surface area contributed by atoms with Gasteiger partial charge in [-0.3, -0.25) is 0 Å². The van der Waals surface area contributed by atoms with E-state index in [1.165, 1.54) is 0 Å². The molecular weight excluding hydrogens is 256 g/mol. The van der Waals surface area contributed by atoms with E-state index in [1.807, 2.05) is 18.2 Å². The Morgan fingerprint density at radius 2 is 2.18 bits per heavy atom. The van der Waals surface area contributed by atoms with Gasteiger partial charge in [0.1, 0.15) is 4.99 Å². The molecule has 1 aromatic rings. The summed E-state index contributed by atoms with van der Waals surface area (Å²) in [6.07, 6.45) is 0. The number of aliphatic hydroxyl groups is 1. The van der Waals surface area contributed by atoms with Crippen molar-refractivity contribution in [2.75, 3.05) is 18.1 Å². The van der Waals surface area contributed by atoms with Crippen LogP contribution in [0.1, 0.15) is 19.4 Å². The molecule has 0 amide bonds. The zero-order valence-corrected chi connectivity index (χ0v) is 11.6. The van der Waals surface area contributed by atoms with Crippen molar-refractivity contribution in [2.24, 2.45) is 5.73 Å². The first kappa shape index (κ1) is 14.2. The minimum absolute atomic E-state index is 0.104. The summed E-state index contributed by atoms with van der Waals surface area (Å²) < 4.78 is 0. The number of nitrogens with two attached hydrogens (primary N) is 1. The molecular formula is C12H17ClN2OS. The van der Waals surface area contributed by atoms with Gasteiger partial charge < -0.3 is 15.7 Å². The highest BCUT2D eigenvalue weighted by Crippen LogP contribution is 2.25. The molecule has 0 radical (unpaired) electrons. The van der Waals surface area contributed by atoms with Gasteiger partial charge in [0.2, 0.25) is 0 Å². The summed E-state index contributed by atoms with van der Waals surface area (Å²) in [7, 11) is 0. The fourth-order valence-electron chi connectivity index (χ4n) is 1.68. The summed E-state index contributed by atoms with van der Waals surface area (Å²) in [5.41, 5.74) is 7.19. The van der Waals surface area contributed by atoms with E-state index in [0.29, 0.717) is 22.1 Å². The highest BCUT2D eigenvalue weighted by Gasteiger charge is 2.12. The molecule has 0 saturated carbocycles. The fraction of sp³-hybridized carbons (Fsp3) is 0.417. The Labute approximate surface area is 112 Å². The van der Waals surface area contributed by atoms with Crippen LogP contribution < -0.4 is 10.6 Å². The van der Waals surface area contributed by atoms with Crippen molar-refractivity contribution in [2.45, 2.75) is 19.9 Å². The summed E-state index contributed by atoms with van der Waals surface area (Å²) in [5, 5.41) is 9.58. The summed E-state index contributed by atoms with van der Waals surface area (Å²) >= 11 is 11.0. The zero-order chi connectivity index (χ0) is 13.0. The third-order valence-corrected chi connectivity index (χ3v) is 3.05. The molecule has 1 aromatic carbocycles. The second-order valence-corrected chi connectivity index (χ2v) is 4.89. The molecule has 0 aliphatic heterocycles. The van der Waals surface area contributed by atoms with Crippen LogP contribution in [0.25, 0.3) is 0 Å². The maximum atomic E-state index is 9.04. The fourth-order valence-corrected chi connectivity index (χ4v) is 2.19. The molecule has 17 heavy (non-hydrogen) atoms. The number of hydrogen-bond acceptors (Lipinski definition) is 3. The Morgan fingerprint density at radius 1 is 1.53 bits per heavy atom. The van der Waals surface area contributed by atoms with Crippen molar-refractivity contribution in [1.82, 2.24) is 0 Å². The average Bonchev–Trinajstić information content (AvgIpc) is 2.24. The Balaban J connectivity index is 3.06. The SMILES string of the molecule is CC(C)N(CCO)c1ccc(C(N)=S)c(Cl)c1. The average molecular weight is 273 g/mol. The summed E-state index contributed by atoms with van der Waals surface area (Å²) in [5.74, 6) is 0. The number of nitrogens with zero attached hydrogens (tertiary/aromatic N) is 1. The second-order valence-electron chi connectivity index (χ2n) is 4.04. The molecule has 0 aliphatic rings. The van der Waals surface area contributed by atoms with Crippen molar-refractivity contribution in [1.29, 1.82) is 0 Å². The van der Waals surface area contributed by atoms with E-state index in [0.717, 1.165) is 5.69 Å². The highest BCUT2D eigenvalue weighted by atomic mass is 35.5. The van der Waals surface area contributed by atoms with Gasteiger partial charge in [-0.15, -0.1) is 0 Å². The van der Waals surface area contributed by atoms with Gasteiger partial charge in [0.15, 0.2) is 0 Å². The van der Waals surface area contributed by atoms with Crippen molar-refractivity contribution < 1.29 is 5.11 Å². The van der Waals surface area contributed by atoms with Gasteiger partial charge in [0.25, 0.3) is 0 Å². The minimum Gasteiger partial charge on any atom is -0.395 e. The number of anilines is 1. The van der Waals surface area contributed by atoms with Crippen molar-refractivity contribution in [3.05, 3.63) is 28.8 Å². The van der Waals surface area contributed by atoms with Gasteiger partial charge in [-0.1, -0.05) is 23.8 Å². The van der Waals surface area contributed by atoms with Crippen LogP contribution >= 0.6 is 23.8 Å². The highest BCUT2D eigenvalue weighted by molar-refractivity contribution is 7.80. The van der Waals surface area contributed by atoms with Crippen LogP contribution in [0.15, 0.2) is 18.2 Å². The molecule has 1 rings (SSSR count). The molecule has 94 valence electrons. The van der Waals surface area contributed by atoms with Gasteiger partial charge >= 0.3 is 0 Å². The van der Waals surface area contributed by atoms with Crippen LogP contribution in [0.5, 0.6) is 0 Å². The third-order valence-electron chi connectivity index (χ3n) is 2.51. The maximum absolute atomic E-state index is 9.04. The lowest BCUT2D eigenvalue weighted by Gasteiger charge is -2.28. The number of rotatable bonds is 5.